The molecule has 0 radical (unpaired) electrons. The quantitative estimate of drug-likeness (QED) is 0.735. The predicted molar refractivity (Wildman–Crippen MR) is 79.5 cm³/mol. The van der Waals surface area contributed by atoms with Crippen LogP contribution in [0.15, 0.2) is 42.7 Å². The Morgan fingerprint density at radius 3 is 2.68 bits per heavy atom. The summed E-state index contributed by atoms with van der Waals surface area (Å²) in [7, 11) is 0. The average Bonchev–Trinajstić information content (AvgIpc) is 3.19. The van der Waals surface area contributed by atoms with Crippen molar-refractivity contribution in [3.63, 3.8) is 0 Å². The molecular formula is C15H16N6O. The molecule has 0 aliphatic carbocycles. The maximum Gasteiger partial charge on any atom is 0.372 e. The average molecular weight is 296 g/mol. The normalized spacial score (nSPS) is 10.8. The third kappa shape index (κ3) is 2.78. The number of carbonyl (C=O) groups excluding carboxylic acids is 1. The maximum absolute atomic E-state index is 12.4. The Hall–Kier alpha value is -2.83. The molecule has 0 saturated carbocycles. The van der Waals surface area contributed by atoms with E-state index in [0.717, 1.165) is 34.5 Å². The van der Waals surface area contributed by atoms with E-state index in [9.17, 15) is 4.79 Å². The largest absolute Gasteiger partial charge is 0.372 e. The van der Waals surface area contributed by atoms with Crippen LogP contribution in [-0.4, -0.2) is 36.0 Å². The first kappa shape index (κ1) is 14.1. The minimum atomic E-state index is -0.368. The third-order valence-corrected chi connectivity index (χ3v) is 3.34. The summed E-state index contributed by atoms with van der Waals surface area (Å²) in [6.45, 7) is 2.06. The van der Waals surface area contributed by atoms with Gasteiger partial charge in [-0.05, 0) is 12.0 Å². The van der Waals surface area contributed by atoms with Crippen molar-refractivity contribution >= 4 is 6.03 Å². The first-order valence-corrected chi connectivity index (χ1v) is 7.18. The highest BCUT2D eigenvalue weighted by molar-refractivity contribution is 5.77. The van der Waals surface area contributed by atoms with Crippen LogP contribution >= 0.6 is 0 Å². The van der Waals surface area contributed by atoms with Crippen LogP contribution in [-0.2, 0) is 12.8 Å². The summed E-state index contributed by atoms with van der Waals surface area (Å²) in [5, 5.41) is 15.6. The molecule has 2 aromatic heterocycles. The molecular weight excluding hydrogens is 280 g/mol. The smallest absolute Gasteiger partial charge is 0.243 e. The minimum Gasteiger partial charge on any atom is -0.243 e. The highest BCUT2D eigenvalue weighted by Gasteiger charge is 2.19. The summed E-state index contributed by atoms with van der Waals surface area (Å²) < 4.78 is 2.47. The molecule has 0 fully saturated rings. The van der Waals surface area contributed by atoms with Gasteiger partial charge in [-0.1, -0.05) is 54.1 Å². The van der Waals surface area contributed by atoms with Gasteiger partial charge in [0.1, 0.15) is 0 Å². The first-order valence-electron chi connectivity index (χ1n) is 7.18. The zero-order valence-corrected chi connectivity index (χ0v) is 12.3. The Balaban J connectivity index is 1.93. The number of benzene rings is 1. The Morgan fingerprint density at radius 2 is 2.00 bits per heavy atom. The van der Waals surface area contributed by atoms with Gasteiger partial charge in [0.05, 0.1) is 23.8 Å². The number of hydrogen-bond acceptors (Lipinski definition) is 5. The van der Waals surface area contributed by atoms with Gasteiger partial charge in [-0.2, -0.15) is 9.36 Å². The molecule has 0 aliphatic rings. The number of hydrogen-bond donors (Lipinski definition) is 0. The molecule has 0 N–H and O–H groups in total. The topological polar surface area (TPSA) is 78.5 Å². The van der Waals surface area contributed by atoms with Crippen molar-refractivity contribution in [2.24, 2.45) is 0 Å². The van der Waals surface area contributed by atoms with E-state index < -0.39 is 0 Å². The second kappa shape index (κ2) is 6.30. The lowest BCUT2D eigenvalue weighted by molar-refractivity contribution is 0.236. The molecule has 3 rings (SSSR count). The van der Waals surface area contributed by atoms with Gasteiger partial charge in [-0.25, -0.2) is 4.79 Å². The molecule has 0 amide bonds. The Labute approximate surface area is 127 Å². The van der Waals surface area contributed by atoms with Crippen molar-refractivity contribution in [1.82, 2.24) is 30.0 Å². The van der Waals surface area contributed by atoms with E-state index in [-0.39, 0.29) is 6.03 Å². The molecule has 0 saturated heterocycles. The number of aromatic nitrogens is 6. The van der Waals surface area contributed by atoms with Crippen molar-refractivity contribution in [2.45, 2.75) is 26.2 Å². The summed E-state index contributed by atoms with van der Waals surface area (Å²) in [6.07, 6.45) is 5.24. The lowest BCUT2D eigenvalue weighted by atomic mass is 10.1. The summed E-state index contributed by atoms with van der Waals surface area (Å²) in [5.41, 5.74) is 2.79. The second-order valence-electron chi connectivity index (χ2n) is 4.94. The molecule has 7 heteroatoms. The van der Waals surface area contributed by atoms with Crippen LogP contribution in [0.25, 0.3) is 0 Å². The number of carbonyl (C=O) groups is 1. The van der Waals surface area contributed by atoms with Gasteiger partial charge in [-0.15, -0.1) is 10.2 Å². The zero-order valence-electron chi connectivity index (χ0n) is 12.3. The van der Waals surface area contributed by atoms with Crippen molar-refractivity contribution in [1.29, 1.82) is 0 Å². The monoisotopic (exact) mass is 296 g/mol. The van der Waals surface area contributed by atoms with Gasteiger partial charge in [0.2, 0.25) is 0 Å². The van der Waals surface area contributed by atoms with E-state index in [0.29, 0.717) is 6.42 Å². The molecule has 2 heterocycles. The fourth-order valence-corrected chi connectivity index (χ4v) is 2.31. The summed E-state index contributed by atoms with van der Waals surface area (Å²) in [4.78, 5) is 12.4. The van der Waals surface area contributed by atoms with Gasteiger partial charge in [0.25, 0.3) is 0 Å². The molecule has 1 aromatic carbocycles. The van der Waals surface area contributed by atoms with E-state index >= 15 is 0 Å². The summed E-state index contributed by atoms with van der Waals surface area (Å²) >= 11 is 0. The predicted octanol–water partition coefficient (Wildman–Crippen LogP) is 1.93. The molecule has 0 atom stereocenters. The van der Waals surface area contributed by atoms with Crippen molar-refractivity contribution < 1.29 is 4.79 Å². The highest BCUT2D eigenvalue weighted by atomic mass is 16.2. The Kier molecular flexibility index (Phi) is 4.04. The SMILES string of the molecule is CCCc1c(Cc2ccccc2)nnn1C(=O)n1ccnn1. The van der Waals surface area contributed by atoms with Gasteiger partial charge in [-0.3, -0.25) is 0 Å². The second-order valence-corrected chi connectivity index (χ2v) is 4.94. The van der Waals surface area contributed by atoms with Crippen LogP contribution < -0.4 is 0 Å². The third-order valence-electron chi connectivity index (χ3n) is 3.34. The highest BCUT2D eigenvalue weighted by Crippen LogP contribution is 2.14. The van der Waals surface area contributed by atoms with E-state index in [4.69, 9.17) is 0 Å². The van der Waals surface area contributed by atoms with Crippen LogP contribution in [0.2, 0.25) is 0 Å². The molecule has 0 unspecified atom stereocenters. The number of rotatable bonds is 4. The van der Waals surface area contributed by atoms with E-state index in [2.05, 4.69) is 27.5 Å². The van der Waals surface area contributed by atoms with Crippen molar-refractivity contribution in [3.05, 3.63) is 59.7 Å². The maximum atomic E-state index is 12.4. The minimum absolute atomic E-state index is 0.368. The zero-order chi connectivity index (χ0) is 15.4. The molecule has 112 valence electrons. The van der Waals surface area contributed by atoms with Crippen LogP contribution in [0.5, 0.6) is 0 Å². The summed E-state index contributed by atoms with van der Waals surface area (Å²) in [5.74, 6) is 0. The fourth-order valence-electron chi connectivity index (χ4n) is 2.31. The Morgan fingerprint density at radius 1 is 1.18 bits per heavy atom. The van der Waals surface area contributed by atoms with Crippen molar-refractivity contribution in [3.8, 4) is 0 Å². The molecule has 7 nitrogen and oxygen atoms in total. The van der Waals surface area contributed by atoms with Crippen LogP contribution in [0, 0.1) is 0 Å². The summed E-state index contributed by atoms with van der Waals surface area (Å²) in [6, 6.07) is 9.65. The Bertz CT molecular complexity index is 748. The van der Waals surface area contributed by atoms with Crippen molar-refractivity contribution in [2.75, 3.05) is 0 Å². The van der Waals surface area contributed by atoms with Gasteiger partial charge in [0, 0.05) is 6.42 Å². The fraction of sp³-hybridized carbons (Fsp3) is 0.267. The van der Waals surface area contributed by atoms with Gasteiger partial charge < -0.3 is 0 Å². The standard InChI is InChI=1S/C15H16N6O/c1-2-6-14-13(11-12-7-4-3-5-8-12)17-19-21(14)15(22)20-10-9-16-18-20/h3-5,7-10H,2,6,11H2,1H3. The van der Waals surface area contributed by atoms with Gasteiger partial charge >= 0.3 is 6.03 Å². The van der Waals surface area contributed by atoms with E-state index in [1.165, 1.54) is 17.1 Å². The van der Waals surface area contributed by atoms with Crippen LogP contribution in [0.4, 0.5) is 4.79 Å². The van der Waals surface area contributed by atoms with E-state index in [1.54, 1.807) is 0 Å². The molecule has 22 heavy (non-hydrogen) atoms. The molecule has 0 aliphatic heterocycles. The first-order chi connectivity index (χ1) is 10.8. The molecule has 3 aromatic rings. The van der Waals surface area contributed by atoms with Gasteiger partial charge in [0.15, 0.2) is 0 Å². The van der Waals surface area contributed by atoms with Crippen LogP contribution in [0.3, 0.4) is 0 Å². The number of nitrogens with zero attached hydrogens (tertiary/aromatic N) is 6. The molecule has 0 bridgehead atoms. The van der Waals surface area contributed by atoms with E-state index in [1.807, 2.05) is 30.3 Å². The lowest BCUT2D eigenvalue weighted by Crippen LogP contribution is -2.23. The molecule has 0 spiro atoms. The van der Waals surface area contributed by atoms with Crippen LogP contribution in [0.1, 0.15) is 30.3 Å². The lowest BCUT2D eigenvalue weighted by Gasteiger charge is -2.05.